The Kier molecular flexibility index (Phi) is 17.2. The third-order valence-corrected chi connectivity index (χ3v) is 2.17. The van der Waals surface area contributed by atoms with Gasteiger partial charge in [-0.05, 0) is 24.7 Å². The molecule has 0 aliphatic heterocycles. The highest BCUT2D eigenvalue weighted by molar-refractivity contribution is 4.55. The van der Waals surface area contributed by atoms with Crippen LogP contribution >= 0.6 is 0 Å². The number of hydrogen-bond donors (Lipinski definition) is 3. The van der Waals surface area contributed by atoms with E-state index in [2.05, 4.69) is 13.8 Å². The molecule has 3 heteroatoms. The van der Waals surface area contributed by atoms with Crippen LogP contribution < -0.4 is 0 Å². The van der Waals surface area contributed by atoms with Gasteiger partial charge in [-0.15, -0.1) is 0 Å². The van der Waals surface area contributed by atoms with Gasteiger partial charge in [0.25, 0.3) is 0 Å². The van der Waals surface area contributed by atoms with E-state index >= 15 is 0 Å². The van der Waals surface area contributed by atoms with Gasteiger partial charge in [-0.1, -0.05) is 42.0 Å². The first-order valence-corrected chi connectivity index (χ1v) is 5.82. The van der Waals surface area contributed by atoms with Crippen molar-refractivity contribution in [3.8, 4) is 0 Å². The van der Waals surface area contributed by atoms with Gasteiger partial charge in [0.05, 0.1) is 18.8 Å². The first-order valence-electron chi connectivity index (χ1n) is 5.82. The summed E-state index contributed by atoms with van der Waals surface area (Å²) in [5.41, 5.74) is 0. The summed E-state index contributed by atoms with van der Waals surface area (Å²) in [5, 5.41) is 26.0. The Morgan fingerprint density at radius 3 is 1.50 bits per heavy atom. The van der Waals surface area contributed by atoms with E-state index in [4.69, 9.17) is 15.3 Å². The molecule has 16 heavy (non-hydrogen) atoms. The lowest BCUT2D eigenvalue weighted by molar-refractivity contribution is 0.0597. The van der Waals surface area contributed by atoms with Crippen LogP contribution in [0.3, 0.4) is 0 Å². The second-order valence-corrected chi connectivity index (χ2v) is 4.69. The molecule has 0 aliphatic rings. The minimum absolute atomic E-state index is 0. The maximum Gasteiger partial charge on any atom is 0.0793 e. The fraction of sp³-hybridized carbons (Fsp3) is 1.00. The molecule has 0 radical (unpaired) electrons. The zero-order valence-corrected chi connectivity index (χ0v) is 10.8. The van der Waals surface area contributed by atoms with Crippen molar-refractivity contribution in [1.29, 1.82) is 0 Å². The second kappa shape index (κ2) is 12.9. The molecule has 2 atom stereocenters. The van der Waals surface area contributed by atoms with Crippen molar-refractivity contribution in [1.82, 2.24) is 0 Å². The fourth-order valence-corrected chi connectivity index (χ4v) is 0.922. The predicted molar refractivity (Wildman–Crippen MR) is 70.4 cm³/mol. The summed E-state index contributed by atoms with van der Waals surface area (Å²) in [6, 6.07) is 0. The molecule has 102 valence electrons. The Bertz CT molecular complexity index is 124. The molecule has 3 nitrogen and oxygen atoms in total. The Balaban J connectivity index is -0.000000200. The second-order valence-electron chi connectivity index (χ2n) is 4.69. The molecule has 0 aromatic rings. The van der Waals surface area contributed by atoms with Crippen molar-refractivity contribution >= 4 is 0 Å². The zero-order chi connectivity index (χ0) is 12.4. The monoisotopic (exact) mass is 236 g/mol. The zero-order valence-electron chi connectivity index (χ0n) is 10.8. The van der Waals surface area contributed by atoms with Gasteiger partial charge >= 0.3 is 0 Å². The van der Waals surface area contributed by atoms with E-state index in [0.717, 1.165) is 12.8 Å². The molecular weight excluding hydrogens is 204 g/mol. The molecular formula is C13H32O3. The van der Waals surface area contributed by atoms with Crippen molar-refractivity contribution < 1.29 is 15.3 Å². The molecule has 0 spiro atoms. The Morgan fingerprint density at radius 2 is 1.44 bits per heavy atom. The van der Waals surface area contributed by atoms with E-state index < -0.39 is 6.10 Å². The van der Waals surface area contributed by atoms with E-state index in [-0.39, 0.29) is 26.1 Å². The van der Waals surface area contributed by atoms with Gasteiger partial charge in [-0.25, -0.2) is 0 Å². The highest BCUT2D eigenvalue weighted by atomic mass is 16.3. The van der Waals surface area contributed by atoms with Crippen LogP contribution in [0.1, 0.15) is 54.9 Å². The topological polar surface area (TPSA) is 60.7 Å². The number of aliphatic hydroxyl groups excluding tert-OH is 3. The number of aliphatic hydroxyl groups is 3. The quantitative estimate of drug-likeness (QED) is 0.687. The predicted octanol–water partition coefficient (Wildman–Crippen LogP) is 2.44. The molecule has 0 aromatic heterocycles. The molecule has 0 unspecified atom stereocenters. The van der Waals surface area contributed by atoms with E-state index in [1.165, 1.54) is 0 Å². The minimum Gasteiger partial charge on any atom is -0.394 e. The normalized spacial score (nSPS) is 13.9. The summed E-state index contributed by atoms with van der Waals surface area (Å²) in [4.78, 5) is 0. The molecule has 0 aromatic carbocycles. The Morgan fingerprint density at radius 1 is 1.00 bits per heavy atom. The highest BCUT2D eigenvalue weighted by Gasteiger charge is 2.04. The summed E-state index contributed by atoms with van der Waals surface area (Å²) in [7, 11) is 0. The lowest BCUT2D eigenvalue weighted by Gasteiger charge is -2.08. The third-order valence-electron chi connectivity index (χ3n) is 2.17. The van der Waals surface area contributed by atoms with Crippen LogP contribution in [0.2, 0.25) is 0 Å². The smallest absolute Gasteiger partial charge is 0.0793 e. The summed E-state index contributed by atoms with van der Waals surface area (Å²) in [5.74, 6) is 0.801. The maximum absolute atomic E-state index is 9.03. The average Bonchev–Trinajstić information content (AvgIpc) is 2.16. The van der Waals surface area contributed by atoms with Gasteiger partial charge < -0.3 is 15.3 Å². The van der Waals surface area contributed by atoms with Crippen LogP contribution in [0.4, 0.5) is 0 Å². The molecule has 0 aliphatic carbocycles. The first kappa shape index (κ1) is 21.2. The van der Waals surface area contributed by atoms with Gasteiger partial charge in [-0.2, -0.15) is 0 Å². The Hall–Kier alpha value is -0.120. The Labute approximate surface area is 102 Å². The van der Waals surface area contributed by atoms with E-state index in [0.29, 0.717) is 5.92 Å². The van der Waals surface area contributed by atoms with Crippen molar-refractivity contribution in [2.45, 2.75) is 67.1 Å². The van der Waals surface area contributed by atoms with E-state index in [1.54, 1.807) is 0 Å². The summed E-state index contributed by atoms with van der Waals surface area (Å²) < 4.78 is 0. The van der Waals surface area contributed by atoms with Gasteiger partial charge in [0, 0.05) is 0 Å². The van der Waals surface area contributed by atoms with Crippen molar-refractivity contribution in [3.63, 3.8) is 0 Å². The molecule has 0 heterocycles. The summed E-state index contributed by atoms with van der Waals surface area (Å²) >= 11 is 0. The van der Waals surface area contributed by atoms with Crippen LogP contribution in [0, 0.1) is 11.8 Å². The van der Waals surface area contributed by atoms with Gasteiger partial charge in [-0.3, -0.25) is 0 Å². The van der Waals surface area contributed by atoms with Crippen molar-refractivity contribution in [2.75, 3.05) is 6.61 Å². The largest absolute Gasteiger partial charge is 0.394 e. The summed E-state index contributed by atoms with van der Waals surface area (Å²) in [6.07, 6.45) is 1.21. The van der Waals surface area contributed by atoms with Crippen molar-refractivity contribution in [3.05, 3.63) is 0 Å². The SMILES string of the molecule is C.CC(C)[C@H](O)CO.CC[C@H](O)CC(C)C. The first-order chi connectivity index (χ1) is 6.84. The van der Waals surface area contributed by atoms with Gasteiger partial charge in [0.15, 0.2) is 0 Å². The molecule has 0 saturated heterocycles. The molecule has 0 saturated carbocycles. The van der Waals surface area contributed by atoms with E-state index in [9.17, 15) is 0 Å². The lowest BCUT2D eigenvalue weighted by atomic mass is 10.0. The average molecular weight is 236 g/mol. The molecule has 3 N–H and O–H groups in total. The molecule has 0 bridgehead atoms. The van der Waals surface area contributed by atoms with Crippen molar-refractivity contribution in [2.24, 2.45) is 11.8 Å². The third kappa shape index (κ3) is 16.3. The van der Waals surface area contributed by atoms with E-state index in [1.807, 2.05) is 20.8 Å². The highest BCUT2D eigenvalue weighted by Crippen LogP contribution is 2.05. The van der Waals surface area contributed by atoms with Gasteiger partial charge in [0.2, 0.25) is 0 Å². The van der Waals surface area contributed by atoms with Crippen LogP contribution in [0.5, 0.6) is 0 Å². The minimum atomic E-state index is -0.542. The van der Waals surface area contributed by atoms with Crippen LogP contribution in [0.15, 0.2) is 0 Å². The van der Waals surface area contributed by atoms with Crippen LogP contribution in [-0.2, 0) is 0 Å². The molecule has 0 amide bonds. The standard InChI is InChI=1S/C7H16O.C5H12O2.CH4/c1-4-7(8)5-6(2)3;1-4(2)5(7)3-6;/h6-8H,4-5H2,1-3H3;4-7H,3H2,1-2H3;1H4/t7-;5-;/m01./s1. The van der Waals surface area contributed by atoms with Gasteiger partial charge in [0.1, 0.15) is 0 Å². The molecule has 0 fully saturated rings. The van der Waals surface area contributed by atoms with Crippen LogP contribution in [-0.4, -0.2) is 34.1 Å². The fourth-order valence-electron chi connectivity index (χ4n) is 0.922. The number of hydrogen-bond acceptors (Lipinski definition) is 3. The molecule has 0 rings (SSSR count). The summed E-state index contributed by atoms with van der Waals surface area (Å²) in [6.45, 7) is 9.85. The van der Waals surface area contributed by atoms with Crippen LogP contribution in [0.25, 0.3) is 0 Å². The lowest BCUT2D eigenvalue weighted by Crippen LogP contribution is -2.18. The number of rotatable bonds is 5. The maximum atomic E-state index is 9.03.